The topological polar surface area (TPSA) is 76.7 Å². The van der Waals surface area contributed by atoms with E-state index in [9.17, 15) is 9.59 Å². The van der Waals surface area contributed by atoms with Gasteiger partial charge in [-0.1, -0.05) is 11.6 Å². The van der Waals surface area contributed by atoms with Gasteiger partial charge in [-0.25, -0.2) is 0 Å². The van der Waals surface area contributed by atoms with Crippen molar-refractivity contribution in [1.29, 1.82) is 0 Å². The van der Waals surface area contributed by atoms with Gasteiger partial charge < -0.3 is 20.1 Å². The van der Waals surface area contributed by atoms with Crippen LogP contribution >= 0.6 is 11.6 Å². The molecule has 2 aromatic carbocycles. The summed E-state index contributed by atoms with van der Waals surface area (Å²) in [5, 5.41) is 5.96. The minimum atomic E-state index is -0.389. The summed E-state index contributed by atoms with van der Waals surface area (Å²) in [7, 11) is 1.53. The summed E-state index contributed by atoms with van der Waals surface area (Å²) >= 11 is 6.04. The van der Waals surface area contributed by atoms with Crippen LogP contribution in [0.4, 0.5) is 5.69 Å². The summed E-state index contributed by atoms with van der Waals surface area (Å²) in [4.78, 5) is 25.1. The van der Waals surface area contributed by atoms with E-state index in [4.69, 9.17) is 21.1 Å². The molecule has 7 heteroatoms. The minimum Gasteiger partial charge on any atom is -0.493 e. The van der Waals surface area contributed by atoms with Crippen molar-refractivity contribution < 1.29 is 19.1 Å². The third-order valence-electron chi connectivity index (χ3n) is 3.62. The molecule has 0 aliphatic heterocycles. The van der Waals surface area contributed by atoms with Crippen molar-refractivity contribution in [2.24, 2.45) is 0 Å². The fourth-order valence-electron chi connectivity index (χ4n) is 2.44. The molecule has 0 spiro atoms. The lowest BCUT2D eigenvalue weighted by molar-refractivity contribution is 0.0944. The van der Waals surface area contributed by atoms with Crippen molar-refractivity contribution in [3.05, 3.63) is 52.5 Å². The summed E-state index contributed by atoms with van der Waals surface area (Å²) in [6, 6.07) is 9.56. The van der Waals surface area contributed by atoms with Crippen LogP contribution in [0.25, 0.3) is 0 Å². The van der Waals surface area contributed by atoms with Gasteiger partial charge >= 0.3 is 0 Å². The molecule has 0 aliphatic carbocycles. The van der Waals surface area contributed by atoms with E-state index in [1.54, 1.807) is 36.4 Å². The van der Waals surface area contributed by atoms with Gasteiger partial charge in [0.15, 0.2) is 11.5 Å². The van der Waals surface area contributed by atoms with E-state index in [-0.39, 0.29) is 17.9 Å². The monoisotopic (exact) mass is 390 g/mol. The van der Waals surface area contributed by atoms with Crippen LogP contribution < -0.4 is 20.1 Å². The van der Waals surface area contributed by atoms with Crippen molar-refractivity contribution in [2.45, 2.75) is 26.8 Å². The molecule has 6 nitrogen and oxygen atoms in total. The molecule has 0 atom stereocenters. The highest BCUT2D eigenvalue weighted by Crippen LogP contribution is 2.29. The Morgan fingerprint density at radius 2 is 1.81 bits per heavy atom. The smallest absolute Gasteiger partial charge is 0.255 e. The van der Waals surface area contributed by atoms with E-state index in [0.717, 1.165) is 0 Å². The zero-order valence-corrected chi connectivity index (χ0v) is 16.5. The number of rotatable bonds is 7. The Morgan fingerprint density at radius 1 is 1.07 bits per heavy atom. The third-order valence-corrected chi connectivity index (χ3v) is 3.85. The van der Waals surface area contributed by atoms with Crippen LogP contribution in [0.15, 0.2) is 36.4 Å². The number of anilines is 1. The van der Waals surface area contributed by atoms with E-state index in [0.29, 0.717) is 39.9 Å². The third kappa shape index (κ3) is 5.37. The molecule has 0 aromatic heterocycles. The predicted octanol–water partition coefficient (Wildman–Crippen LogP) is 4.14. The Balaban J connectivity index is 2.31. The quantitative estimate of drug-likeness (QED) is 0.745. The number of halogens is 1. The SMILES string of the molecule is CCOc1cc(C(=O)Nc2cc(Cl)ccc2C(=O)NC(C)C)ccc1OC. The maximum Gasteiger partial charge on any atom is 0.255 e. The van der Waals surface area contributed by atoms with Crippen molar-refractivity contribution in [3.8, 4) is 11.5 Å². The van der Waals surface area contributed by atoms with Gasteiger partial charge in [0.1, 0.15) is 0 Å². The Morgan fingerprint density at radius 3 is 2.44 bits per heavy atom. The first-order valence-corrected chi connectivity index (χ1v) is 8.96. The van der Waals surface area contributed by atoms with Gasteiger partial charge in [-0.2, -0.15) is 0 Å². The highest BCUT2D eigenvalue weighted by Gasteiger charge is 2.17. The largest absolute Gasteiger partial charge is 0.493 e. The maximum absolute atomic E-state index is 12.7. The molecular formula is C20H23ClN2O4. The molecule has 0 unspecified atom stereocenters. The van der Waals surface area contributed by atoms with Crippen LogP contribution in [0.3, 0.4) is 0 Å². The lowest BCUT2D eigenvalue weighted by atomic mass is 10.1. The van der Waals surface area contributed by atoms with Crippen LogP contribution in [0, 0.1) is 0 Å². The van der Waals surface area contributed by atoms with Crippen molar-refractivity contribution in [2.75, 3.05) is 19.0 Å². The van der Waals surface area contributed by atoms with Gasteiger partial charge in [0.2, 0.25) is 0 Å². The predicted molar refractivity (Wildman–Crippen MR) is 106 cm³/mol. The first-order valence-electron chi connectivity index (χ1n) is 8.58. The van der Waals surface area contributed by atoms with E-state index in [1.165, 1.54) is 7.11 Å². The molecule has 2 amide bonds. The number of amides is 2. The Labute approximate surface area is 163 Å². The minimum absolute atomic E-state index is 0.0351. The molecule has 2 N–H and O–H groups in total. The zero-order chi connectivity index (χ0) is 20.0. The lowest BCUT2D eigenvalue weighted by Crippen LogP contribution is -2.31. The van der Waals surface area contributed by atoms with E-state index in [2.05, 4.69) is 10.6 Å². The number of benzene rings is 2. The van der Waals surface area contributed by atoms with Crippen LogP contribution in [0.5, 0.6) is 11.5 Å². The number of carbonyl (C=O) groups excluding carboxylic acids is 2. The Hall–Kier alpha value is -2.73. The summed E-state index contributed by atoms with van der Waals surface area (Å²) in [5.74, 6) is 0.325. The molecule has 2 rings (SSSR count). The first kappa shape index (κ1) is 20.6. The average Bonchev–Trinajstić information content (AvgIpc) is 2.61. The fraction of sp³-hybridized carbons (Fsp3) is 0.300. The van der Waals surface area contributed by atoms with Gasteiger partial charge in [-0.3, -0.25) is 9.59 Å². The Kier molecular flexibility index (Phi) is 7.07. The molecule has 0 saturated heterocycles. The van der Waals surface area contributed by atoms with Crippen molar-refractivity contribution >= 4 is 29.1 Å². The number of carbonyl (C=O) groups is 2. The standard InChI is InChI=1S/C20H23ClN2O4/c1-5-27-18-10-13(6-9-17(18)26-4)19(24)23-16-11-14(21)7-8-15(16)20(25)22-12(2)3/h6-12H,5H2,1-4H3,(H,22,25)(H,23,24). The van der Waals surface area contributed by atoms with Gasteiger partial charge in [0, 0.05) is 16.6 Å². The molecular weight excluding hydrogens is 368 g/mol. The molecule has 0 saturated carbocycles. The summed E-state index contributed by atoms with van der Waals surface area (Å²) < 4.78 is 10.7. The van der Waals surface area contributed by atoms with Gasteiger partial charge in [-0.15, -0.1) is 0 Å². The fourth-order valence-corrected chi connectivity index (χ4v) is 2.61. The molecule has 0 aliphatic rings. The van der Waals surface area contributed by atoms with Crippen LogP contribution in [-0.4, -0.2) is 31.6 Å². The van der Waals surface area contributed by atoms with Crippen molar-refractivity contribution in [3.63, 3.8) is 0 Å². The number of nitrogens with one attached hydrogen (secondary N) is 2. The van der Waals surface area contributed by atoms with E-state index in [1.807, 2.05) is 20.8 Å². The molecule has 0 bridgehead atoms. The van der Waals surface area contributed by atoms with Crippen LogP contribution in [0.2, 0.25) is 5.02 Å². The molecule has 0 fully saturated rings. The van der Waals surface area contributed by atoms with Gasteiger partial charge in [0.25, 0.3) is 11.8 Å². The van der Waals surface area contributed by atoms with Gasteiger partial charge in [0.05, 0.1) is 25.0 Å². The van der Waals surface area contributed by atoms with Crippen LogP contribution in [0.1, 0.15) is 41.5 Å². The zero-order valence-electron chi connectivity index (χ0n) is 15.8. The second kappa shape index (κ2) is 9.28. The van der Waals surface area contributed by atoms with Crippen LogP contribution in [-0.2, 0) is 0 Å². The first-order chi connectivity index (χ1) is 12.8. The second-order valence-corrected chi connectivity index (χ2v) is 6.51. The molecule has 144 valence electrons. The molecule has 2 aromatic rings. The molecule has 0 heterocycles. The Bertz CT molecular complexity index is 837. The number of hydrogen-bond donors (Lipinski definition) is 2. The average molecular weight is 391 g/mol. The van der Waals surface area contributed by atoms with E-state index < -0.39 is 0 Å². The second-order valence-electron chi connectivity index (χ2n) is 6.07. The number of methoxy groups -OCH3 is 1. The maximum atomic E-state index is 12.7. The van der Waals surface area contributed by atoms with E-state index >= 15 is 0 Å². The summed E-state index contributed by atoms with van der Waals surface area (Å²) in [5.41, 5.74) is 1.04. The molecule has 0 radical (unpaired) electrons. The molecule has 27 heavy (non-hydrogen) atoms. The summed E-state index contributed by atoms with van der Waals surface area (Å²) in [6.07, 6.45) is 0. The highest BCUT2D eigenvalue weighted by atomic mass is 35.5. The summed E-state index contributed by atoms with van der Waals surface area (Å²) in [6.45, 7) is 6.00. The number of hydrogen-bond acceptors (Lipinski definition) is 4. The lowest BCUT2D eigenvalue weighted by Gasteiger charge is -2.14. The van der Waals surface area contributed by atoms with Gasteiger partial charge in [-0.05, 0) is 57.2 Å². The highest BCUT2D eigenvalue weighted by molar-refractivity contribution is 6.31. The van der Waals surface area contributed by atoms with Crippen molar-refractivity contribution in [1.82, 2.24) is 5.32 Å². The normalized spacial score (nSPS) is 10.4. The number of ether oxygens (including phenoxy) is 2.